The number of aryl methyl sites for hydroxylation is 1. The topological polar surface area (TPSA) is 150 Å². The van der Waals surface area contributed by atoms with Gasteiger partial charge in [-0.15, -0.1) is 0 Å². The highest BCUT2D eigenvalue weighted by atomic mass is 16.6. The summed E-state index contributed by atoms with van der Waals surface area (Å²) in [4.78, 5) is 54.3. The summed E-state index contributed by atoms with van der Waals surface area (Å²) in [6.45, 7) is 18.3. The second-order valence-corrected chi connectivity index (χ2v) is 31.7. The van der Waals surface area contributed by atoms with Crippen LogP contribution in [0.3, 0.4) is 0 Å². The van der Waals surface area contributed by atoms with Crippen LogP contribution in [0.4, 0.5) is 0 Å². The molecule has 3 aromatic heterocycles. The molecule has 4 aromatic rings. The fourth-order valence-corrected chi connectivity index (χ4v) is 24.3. The molecule has 10 nitrogen and oxygen atoms in total. The molecule has 1 spiro atoms. The molecule has 1 aromatic carbocycles. The second-order valence-electron chi connectivity index (χ2n) is 31.7. The van der Waals surface area contributed by atoms with Gasteiger partial charge in [-0.3, -0.25) is 9.59 Å². The van der Waals surface area contributed by atoms with Gasteiger partial charge < -0.3 is 39.0 Å². The first kappa shape index (κ1) is 53.4. The number of aldehydes is 1. The largest absolute Gasteiger partial charge is 0.392 e. The lowest BCUT2D eigenvalue weighted by Crippen LogP contribution is -2.74. The summed E-state index contributed by atoms with van der Waals surface area (Å²) in [7, 11) is 0. The number of H-pyrrole nitrogens is 2. The summed E-state index contributed by atoms with van der Waals surface area (Å²) in [6.07, 6.45) is 26.6. The number of allylic oxidation sites excluding steroid dienone is 1. The van der Waals surface area contributed by atoms with Gasteiger partial charge in [0.2, 0.25) is 0 Å². The molecule has 438 valence electrons. The van der Waals surface area contributed by atoms with Crippen molar-refractivity contribution in [1.29, 1.82) is 0 Å². The van der Waals surface area contributed by atoms with Crippen molar-refractivity contribution in [2.24, 2.45) is 62.1 Å². The summed E-state index contributed by atoms with van der Waals surface area (Å²) >= 11 is 0. The third-order valence-corrected chi connectivity index (χ3v) is 28.2. The normalized spacial score (nSPS) is 42.6. The van der Waals surface area contributed by atoms with Crippen LogP contribution >= 0.6 is 0 Å². The Labute approximate surface area is 486 Å². The standard InChI is InChI=1S/C72H93N3O7/c1-66(2)65(82-66)54(78)33-67(3)24-18-42-35-74-60-50(52(38-76)43-30-48(40-22-28-81-29-23-40)46-17-16-39-12-8-11-15-45(39)49(46)31-43)36-75(61(42)60)37-51-56-58(67)53(77)34-69(56,5)68(4)25-20-55-70(6,44-13-9-10-14-44)64(80)57-47-21-27-73-59(47)41-19-26-72(57,32-41)71(55,7)63(68)62(51)79/h21,27,30-31,35-36,38-41,44-45,51-52,54-55,57,62-63,65,73-74,78-79H,8-20,22-26,28-29,32-34,37H2,1-7H3. The zero-order chi connectivity index (χ0) is 56.4. The van der Waals surface area contributed by atoms with E-state index < -0.39 is 56.7 Å². The molecule has 82 heavy (non-hydrogen) atoms. The van der Waals surface area contributed by atoms with E-state index in [1.807, 2.05) is 0 Å². The molecule has 3 aliphatic heterocycles. The van der Waals surface area contributed by atoms with Crippen molar-refractivity contribution >= 4 is 28.9 Å². The van der Waals surface area contributed by atoms with Gasteiger partial charge in [0.15, 0.2) is 5.78 Å². The van der Waals surface area contributed by atoms with Crippen LogP contribution in [-0.2, 0) is 43.2 Å². The Kier molecular flexibility index (Phi) is 11.7. The number of ketones is 2. The van der Waals surface area contributed by atoms with Crippen LogP contribution in [0.5, 0.6) is 0 Å². The SMILES string of the molecule is CC1(CC(O)C2OC2(C)C)CCc2c[nH]c3c(C(C=O)c4cc(C5CCOCC5)c5c(c4)C4CCCCC4CC5)cn(c23)CC2C3=C1C(=O)CC3(C)C1(C)CCC3C(C)(C4CCCC4)C(=O)C4c5cc[nH]c5C5CCC4(C5)C3(C)C1C2O. The number of hydrogen-bond acceptors (Lipinski definition) is 7. The van der Waals surface area contributed by atoms with Gasteiger partial charge in [0, 0.05) is 78.3 Å². The summed E-state index contributed by atoms with van der Waals surface area (Å²) in [5.41, 5.74) is 10.7. The quantitative estimate of drug-likeness (QED) is 0.101. The zero-order valence-electron chi connectivity index (χ0n) is 50.4. The number of ether oxygens (including phenoxy) is 2. The molecule has 0 amide bonds. The molecule has 17 unspecified atom stereocenters. The van der Waals surface area contributed by atoms with Crippen LogP contribution in [0, 0.1) is 62.1 Å². The monoisotopic (exact) mass is 1110 g/mol. The number of benzene rings is 1. The molecular weight excluding hydrogens is 1020 g/mol. The van der Waals surface area contributed by atoms with Gasteiger partial charge in [-0.25, -0.2) is 0 Å². The average molecular weight is 1110 g/mol. The third-order valence-electron chi connectivity index (χ3n) is 28.2. The third kappa shape index (κ3) is 6.82. The summed E-state index contributed by atoms with van der Waals surface area (Å²) < 4.78 is 14.6. The lowest BCUT2D eigenvalue weighted by Gasteiger charge is -2.76. The van der Waals surface area contributed by atoms with Crippen molar-refractivity contribution in [2.45, 2.75) is 243 Å². The van der Waals surface area contributed by atoms with E-state index in [0.29, 0.717) is 67.6 Å². The van der Waals surface area contributed by atoms with Crippen LogP contribution < -0.4 is 0 Å². The van der Waals surface area contributed by atoms with E-state index in [0.717, 1.165) is 129 Å². The molecule has 2 saturated heterocycles. The smallest absolute Gasteiger partial charge is 0.160 e. The molecule has 4 N–H and O–H groups in total. The average Bonchev–Trinajstić information content (AvgIpc) is 1.24. The predicted molar refractivity (Wildman–Crippen MR) is 317 cm³/mol. The zero-order valence-corrected chi connectivity index (χ0v) is 50.4. The Bertz CT molecular complexity index is 3350. The highest BCUT2D eigenvalue weighted by Gasteiger charge is 2.81. The Morgan fingerprint density at radius 3 is 2.35 bits per heavy atom. The summed E-state index contributed by atoms with van der Waals surface area (Å²) in [5.74, 6) is 1.64. The molecule has 17 atom stereocenters. The van der Waals surface area contributed by atoms with Gasteiger partial charge in [0.25, 0.3) is 0 Å². The Morgan fingerprint density at radius 2 is 1.59 bits per heavy atom. The molecule has 8 fully saturated rings. The molecule has 2 bridgehead atoms. The summed E-state index contributed by atoms with van der Waals surface area (Å²) in [6, 6.07) is 7.17. The number of carbonyl (C=O) groups excluding carboxylic acids is 3. The van der Waals surface area contributed by atoms with Crippen LogP contribution in [0.2, 0.25) is 0 Å². The van der Waals surface area contributed by atoms with E-state index in [4.69, 9.17) is 9.47 Å². The van der Waals surface area contributed by atoms with Gasteiger partial charge in [-0.05, 0) is 225 Å². The van der Waals surface area contributed by atoms with Crippen molar-refractivity contribution in [2.75, 3.05) is 13.2 Å². The lowest BCUT2D eigenvalue weighted by atomic mass is 9.27. The predicted octanol–water partition coefficient (Wildman–Crippen LogP) is 13.8. The maximum absolute atomic E-state index is 16.3. The van der Waals surface area contributed by atoms with Crippen molar-refractivity contribution in [1.82, 2.24) is 14.5 Å². The van der Waals surface area contributed by atoms with Gasteiger partial charge in [0.1, 0.15) is 18.2 Å². The number of hydrogen-bond donors (Lipinski definition) is 4. The van der Waals surface area contributed by atoms with Crippen molar-refractivity contribution < 1.29 is 34.1 Å². The Morgan fingerprint density at radius 1 is 0.829 bits per heavy atom. The Balaban J connectivity index is 0.892. The van der Waals surface area contributed by atoms with Crippen molar-refractivity contribution in [3.05, 3.63) is 92.6 Å². The minimum Gasteiger partial charge on any atom is -0.392 e. The molecule has 12 aliphatic rings. The highest BCUT2D eigenvalue weighted by molar-refractivity contribution is 6.02. The molecule has 16 rings (SSSR count). The fourth-order valence-electron chi connectivity index (χ4n) is 24.3. The first-order chi connectivity index (χ1) is 39.3. The maximum Gasteiger partial charge on any atom is 0.160 e. The van der Waals surface area contributed by atoms with Gasteiger partial charge >= 0.3 is 0 Å². The number of aliphatic hydroxyl groups excluding tert-OH is 2. The van der Waals surface area contributed by atoms with E-state index in [1.165, 1.54) is 60.8 Å². The molecule has 9 aliphatic carbocycles. The van der Waals surface area contributed by atoms with E-state index in [-0.39, 0.29) is 35.1 Å². The number of aliphatic hydroxyl groups is 2. The maximum atomic E-state index is 16.3. The molecule has 10 heteroatoms. The fraction of sp³-hybridized carbons (Fsp3) is 0.708. The number of nitrogens with zero attached hydrogens (tertiary/aromatic N) is 1. The van der Waals surface area contributed by atoms with Crippen molar-refractivity contribution in [3.63, 3.8) is 0 Å². The van der Waals surface area contributed by atoms with E-state index >= 15 is 9.59 Å². The molecule has 0 radical (unpaired) electrons. The second kappa shape index (κ2) is 18.0. The number of Topliss-reactive ketones (excluding diaryl/α,β-unsaturated/α-hetero) is 2. The molecular formula is C72H93N3O7. The number of fused-ring (bicyclic) bond motifs is 11. The van der Waals surface area contributed by atoms with E-state index in [1.54, 1.807) is 5.56 Å². The first-order valence-corrected chi connectivity index (χ1v) is 33.2. The number of epoxide rings is 1. The lowest BCUT2D eigenvalue weighted by molar-refractivity contribution is -0.271. The summed E-state index contributed by atoms with van der Waals surface area (Å²) in [5, 5.41) is 27.1. The van der Waals surface area contributed by atoms with Crippen LogP contribution in [0.1, 0.15) is 245 Å². The van der Waals surface area contributed by atoms with Crippen LogP contribution in [0.25, 0.3) is 11.0 Å². The van der Waals surface area contributed by atoms with E-state index in [9.17, 15) is 15.0 Å². The minimum atomic E-state index is -0.833. The van der Waals surface area contributed by atoms with E-state index in [2.05, 4.69) is 99.8 Å². The van der Waals surface area contributed by atoms with Gasteiger partial charge in [-0.1, -0.05) is 72.4 Å². The molecule has 6 saturated carbocycles. The van der Waals surface area contributed by atoms with Crippen LogP contribution in [-0.4, -0.2) is 79.7 Å². The van der Waals surface area contributed by atoms with Gasteiger partial charge in [-0.2, -0.15) is 0 Å². The van der Waals surface area contributed by atoms with Crippen LogP contribution in [0.15, 0.2) is 47.9 Å². The van der Waals surface area contributed by atoms with Crippen molar-refractivity contribution in [3.8, 4) is 0 Å². The number of aromatic amines is 2. The minimum absolute atomic E-state index is 0.0902. The number of rotatable bonds is 8. The molecule has 6 heterocycles. The Hall–Kier alpha value is -4.09. The highest BCUT2D eigenvalue weighted by Crippen LogP contribution is 2.84. The number of aromatic nitrogens is 3. The van der Waals surface area contributed by atoms with Gasteiger partial charge in [0.05, 0.1) is 40.7 Å². The first-order valence-electron chi connectivity index (χ1n) is 33.2. The number of nitrogens with one attached hydrogen (secondary N) is 2. The number of carbonyl (C=O) groups is 3.